The first-order chi connectivity index (χ1) is 5.84. The predicted octanol–water partition coefficient (Wildman–Crippen LogP) is -1.38. The second-order valence-electron chi connectivity index (χ2n) is 2.58. The molecule has 1 saturated heterocycles. The van der Waals surface area contributed by atoms with Crippen molar-refractivity contribution in [3.05, 3.63) is 0 Å². The second kappa shape index (κ2) is 5.90. The van der Waals surface area contributed by atoms with Gasteiger partial charge < -0.3 is 0 Å². The molecule has 0 saturated carbocycles. The Morgan fingerprint density at radius 3 is 3.17 bits per heavy atom. The summed E-state index contributed by atoms with van der Waals surface area (Å²) >= 11 is -1.03. The van der Waals surface area contributed by atoms with Gasteiger partial charge in [-0.25, -0.2) is 0 Å². The van der Waals surface area contributed by atoms with Crippen molar-refractivity contribution in [2.24, 2.45) is 0 Å². The molecular formula is C7H13NO3Sn. The van der Waals surface area contributed by atoms with Gasteiger partial charge in [0.15, 0.2) is 0 Å². The number of carbonyl (C=O) groups excluding carboxylic acids is 1. The molecule has 1 atom stereocenters. The van der Waals surface area contributed by atoms with Crippen LogP contribution < -0.4 is 5.32 Å². The van der Waals surface area contributed by atoms with E-state index in [0.717, 1.165) is 6.54 Å². The Balaban J connectivity index is 2.20. The topological polar surface area (TPSA) is 58.6 Å². The fraction of sp³-hybridized carbons (Fsp3) is 0.857. The zero-order chi connectivity index (χ0) is 8.81. The van der Waals surface area contributed by atoms with Gasteiger partial charge >= 0.3 is 81.7 Å². The van der Waals surface area contributed by atoms with Crippen molar-refractivity contribution in [3.63, 3.8) is 0 Å². The Kier molecular flexibility index (Phi) is 5.13. The van der Waals surface area contributed by atoms with E-state index in [2.05, 4.69) is 5.32 Å². The average Bonchev–Trinajstić information content (AvgIpc) is 2.15. The van der Waals surface area contributed by atoms with Gasteiger partial charge in [-0.3, -0.25) is 0 Å². The van der Waals surface area contributed by atoms with Gasteiger partial charge in [0.05, 0.1) is 0 Å². The minimum atomic E-state index is -1.03. The van der Waals surface area contributed by atoms with Crippen LogP contribution in [-0.2, 0) is 9.53 Å². The molecule has 2 radical (unpaired) electrons. The van der Waals surface area contributed by atoms with Gasteiger partial charge in [-0.15, -0.1) is 0 Å². The Morgan fingerprint density at radius 1 is 1.75 bits per heavy atom. The monoisotopic (exact) mass is 279 g/mol. The van der Waals surface area contributed by atoms with Gasteiger partial charge in [0.2, 0.25) is 0 Å². The number of morpholine rings is 1. The van der Waals surface area contributed by atoms with Crippen molar-refractivity contribution in [2.45, 2.75) is 10.5 Å². The van der Waals surface area contributed by atoms with Gasteiger partial charge in [-0.05, 0) is 0 Å². The summed E-state index contributed by atoms with van der Waals surface area (Å²) in [6, 6.07) is 0. The molecule has 0 aromatic carbocycles. The summed E-state index contributed by atoms with van der Waals surface area (Å²) in [5, 5.41) is 11.7. The molecule has 1 rings (SSSR count). The summed E-state index contributed by atoms with van der Waals surface area (Å²) in [6.45, 7) is 2.28. The number of hydrogen-bond donors (Lipinski definition) is 2. The van der Waals surface area contributed by atoms with Crippen molar-refractivity contribution in [2.75, 3.05) is 26.3 Å². The number of hydrogen-bond acceptors (Lipinski definition) is 4. The molecule has 0 aromatic heterocycles. The molecule has 1 heterocycles. The van der Waals surface area contributed by atoms with Crippen molar-refractivity contribution in [3.8, 4) is 0 Å². The molecule has 0 aromatic rings. The predicted molar refractivity (Wildman–Crippen MR) is 45.3 cm³/mol. The van der Waals surface area contributed by atoms with Gasteiger partial charge in [0.25, 0.3) is 0 Å². The van der Waals surface area contributed by atoms with Crippen molar-refractivity contribution in [1.82, 2.24) is 5.32 Å². The molecule has 1 aliphatic rings. The summed E-state index contributed by atoms with van der Waals surface area (Å²) < 4.78 is 6.26. The Hall–Kier alpha value is 0.349. The molecule has 1 aliphatic heterocycles. The Morgan fingerprint density at radius 2 is 2.58 bits per heavy atom. The SMILES string of the molecule is O=[C]([Sn][CH2]CO)C1CNCCO1. The summed E-state index contributed by atoms with van der Waals surface area (Å²) in [7, 11) is 0. The van der Waals surface area contributed by atoms with E-state index < -0.39 is 21.1 Å². The third kappa shape index (κ3) is 3.38. The molecule has 0 aliphatic carbocycles. The van der Waals surface area contributed by atoms with Crippen LogP contribution in [0.25, 0.3) is 0 Å². The van der Waals surface area contributed by atoms with Crippen LogP contribution in [0.4, 0.5) is 0 Å². The van der Waals surface area contributed by atoms with E-state index in [-0.39, 0.29) is 16.5 Å². The van der Waals surface area contributed by atoms with E-state index in [1.165, 1.54) is 0 Å². The maximum atomic E-state index is 11.4. The zero-order valence-electron chi connectivity index (χ0n) is 6.88. The molecule has 0 amide bonds. The molecule has 4 nitrogen and oxygen atoms in total. The molecule has 0 bridgehead atoms. The normalized spacial score (nSPS) is 23.9. The van der Waals surface area contributed by atoms with Crippen LogP contribution in [0.2, 0.25) is 4.44 Å². The Labute approximate surface area is 81.9 Å². The van der Waals surface area contributed by atoms with Crippen LogP contribution in [0, 0.1) is 0 Å². The number of aliphatic hydroxyl groups is 1. The first kappa shape index (κ1) is 10.4. The van der Waals surface area contributed by atoms with Crippen LogP contribution in [0.3, 0.4) is 0 Å². The number of rotatable bonds is 4. The minimum absolute atomic E-state index is 0.151. The first-order valence-electron chi connectivity index (χ1n) is 4.05. The Bertz CT molecular complexity index is 148. The summed E-state index contributed by atoms with van der Waals surface area (Å²) in [4.78, 5) is 11.4. The fourth-order valence-corrected chi connectivity index (χ4v) is 3.23. The molecule has 1 unspecified atom stereocenters. The third-order valence-corrected chi connectivity index (χ3v) is 4.90. The molecule has 68 valence electrons. The standard InChI is InChI=1S/C5H8NO2.C2H5O.Sn/c7-4-5-3-6-1-2-8-5;1-2-3;/h5-6H,1-3H2;3H,1-2H2;. The van der Waals surface area contributed by atoms with Crippen molar-refractivity contribution >= 4 is 24.9 Å². The second-order valence-corrected chi connectivity index (χ2v) is 6.42. The molecule has 1 fully saturated rings. The van der Waals surface area contributed by atoms with Crippen LogP contribution in [-0.4, -0.2) is 62.5 Å². The number of carbonyl (C=O) groups is 1. The molecule has 2 N–H and O–H groups in total. The first-order valence-corrected chi connectivity index (χ1v) is 7.50. The van der Waals surface area contributed by atoms with E-state index in [1.54, 1.807) is 0 Å². The van der Waals surface area contributed by atoms with Crippen LogP contribution in [0.1, 0.15) is 0 Å². The number of nitrogens with one attached hydrogen (secondary N) is 1. The molecule has 12 heavy (non-hydrogen) atoms. The maximum absolute atomic E-state index is 11.4. The van der Waals surface area contributed by atoms with Crippen molar-refractivity contribution < 1.29 is 14.6 Å². The van der Waals surface area contributed by atoms with Gasteiger partial charge in [0.1, 0.15) is 0 Å². The van der Waals surface area contributed by atoms with Crippen LogP contribution >= 0.6 is 0 Å². The summed E-state index contributed by atoms with van der Waals surface area (Å²) in [6.07, 6.45) is -0.211. The molecule has 5 heteroatoms. The van der Waals surface area contributed by atoms with E-state index in [9.17, 15) is 4.79 Å². The fourth-order valence-electron chi connectivity index (χ4n) is 1.03. The van der Waals surface area contributed by atoms with E-state index in [4.69, 9.17) is 9.84 Å². The molecule has 0 spiro atoms. The number of aliphatic hydroxyl groups excluding tert-OH is 1. The number of ether oxygens (including phenoxy) is 1. The van der Waals surface area contributed by atoms with Crippen LogP contribution in [0.15, 0.2) is 0 Å². The average molecular weight is 278 g/mol. The van der Waals surface area contributed by atoms with Crippen LogP contribution in [0.5, 0.6) is 0 Å². The third-order valence-electron chi connectivity index (χ3n) is 1.63. The molecular weight excluding hydrogens is 265 g/mol. The van der Waals surface area contributed by atoms with E-state index in [1.807, 2.05) is 0 Å². The van der Waals surface area contributed by atoms with Gasteiger partial charge in [0, 0.05) is 0 Å². The van der Waals surface area contributed by atoms with Crippen molar-refractivity contribution in [1.29, 1.82) is 0 Å². The van der Waals surface area contributed by atoms with E-state index in [0.29, 0.717) is 17.6 Å². The summed E-state index contributed by atoms with van der Waals surface area (Å²) in [5.74, 6) is 0. The van der Waals surface area contributed by atoms with Gasteiger partial charge in [-0.1, -0.05) is 0 Å². The zero-order valence-corrected chi connectivity index (χ0v) is 9.73. The quantitative estimate of drug-likeness (QED) is 0.622. The van der Waals surface area contributed by atoms with E-state index >= 15 is 0 Å². The van der Waals surface area contributed by atoms with Gasteiger partial charge in [-0.2, -0.15) is 0 Å². The summed E-state index contributed by atoms with van der Waals surface area (Å²) in [5.41, 5.74) is 0.